The van der Waals surface area contributed by atoms with Crippen LogP contribution in [-0.4, -0.2) is 66.0 Å². The third kappa shape index (κ3) is 3.43. The fraction of sp³-hybridized carbons (Fsp3) is 0.368. The number of nitrogens with zero attached hydrogens (tertiary/aromatic N) is 2. The lowest BCUT2D eigenvalue weighted by Gasteiger charge is -2.31. The fourth-order valence-electron chi connectivity index (χ4n) is 3.47. The third-order valence-electron chi connectivity index (χ3n) is 4.87. The molecule has 1 atom stereocenters. The van der Waals surface area contributed by atoms with Crippen molar-refractivity contribution in [3.63, 3.8) is 0 Å². The molecule has 7 nitrogen and oxygen atoms in total. The predicted molar refractivity (Wildman–Crippen MR) is 98.7 cm³/mol. The van der Waals surface area contributed by atoms with Gasteiger partial charge in [-0.3, -0.25) is 14.5 Å². The van der Waals surface area contributed by atoms with Gasteiger partial charge in [0.05, 0.1) is 31.1 Å². The number of morpholine rings is 1. The predicted octanol–water partition coefficient (Wildman–Crippen LogP) is 2.25. The van der Waals surface area contributed by atoms with E-state index in [1.54, 1.807) is 11.0 Å². The largest absolute Gasteiger partial charge is 0.503 e. The number of rotatable bonds is 6. The van der Waals surface area contributed by atoms with Gasteiger partial charge in [0.25, 0.3) is 5.91 Å². The molecule has 1 unspecified atom stereocenters. The number of carbonyl (C=O) groups excluding carboxylic acids is 2. The normalized spacial score (nSPS) is 21.3. The number of furan rings is 1. The van der Waals surface area contributed by atoms with Crippen LogP contribution >= 0.6 is 11.3 Å². The van der Waals surface area contributed by atoms with E-state index in [9.17, 15) is 14.7 Å². The van der Waals surface area contributed by atoms with Gasteiger partial charge in [0.15, 0.2) is 11.5 Å². The molecule has 27 heavy (non-hydrogen) atoms. The lowest BCUT2D eigenvalue weighted by Crippen LogP contribution is -2.43. The first kappa shape index (κ1) is 18.0. The summed E-state index contributed by atoms with van der Waals surface area (Å²) in [4.78, 5) is 30.3. The zero-order valence-corrected chi connectivity index (χ0v) is 15.5. The number of hydrogen-bond donors (Lipinski definition) is 1. The summed E-state index contributed by atoms with van der Waals surface area (Å²) in [5.74, 6) is -1.35. The Balaban J connectivity index is 1.62. The van der Waals surface area contributed by atoms with Gasteiger partial charge in [-0.15, -0.1) is 11.3 Å². The van der Waals surface area contributed by atoms with Gasteiger partial charge >= 0.3 is 0 Å². The van der Waals surface area contributed by atoms with E-state index in [0.29, 0.717) is 26.3 Å². The highest BCUT2D eigenvalue weighted by molar-refractivity contribution is 7.10. The van der Waals surface area contributed by atoms with Gasteiger partial charge in [-0.05, 0) is 23.6 Å². The summed E-state index contributed by atoms with van der Waals surface area (Å²) >= 11 is 1.45. The molecule has 1 saturated heterocycles. The Hall–Kier alpha value is -2.42. The molecule has 2 aromatic rings. The van der Waals surface area contributed by atoms with Crippen LogP contribution in [0.25, 0.3) is 0 Å². The van der Waals surface area contributed by atoms with E-state index in [1.165, 1.54) is 23.7 Å². The summed E-state index contributed by atoms with van der Waals surface area (Å²) in [7, 11) is 0. The van der Waals surface area contributed by atoms with E-state index in [1.807, 2.05) is 17.5 Å². The van der Waals surface area contributed by atoms with Crippen molar-refractivity contribution in [1.82, 2.24) is 9.80 Å². The third-order valence-corrected chi connectivity index (χ3v) is 5.79. The van der Waals surface area contributed by atoms with Crippen LogP contribution in [0, 0.1) is 0 Å². The molecule has 0 aromatic carbocycles. The second-order valence-electron chi connectivity index (χ2n) is 6.44. The molecule has 142 valence electrons. The van der Waals surface area contributed by atoms with Gasteiger partial charge in [0.1, 0.15) is 0 Å². The SMILES string of the molecule is O=C(C1=C(O)C(=O)N(CCN2CCOCC2)C1c1cccs1)c1ccco1. The van der Waals surface area contributed by atoms with Crippen LogP contribution in [0.4, 0.5) is 0 Å². The average molecular weight is 388 g/mol. The maximum atomic E-state index is 12.9. The van der Waals surface area contributed by atoms with Gasteiger partial charge in [0.2, 0.25) is 5.78 Å². The molecular formula is C19H20N2O5S. The van der Waals surface area contributed by atoms with Crippen molar-refractivity contribution in [2.24, 2.45) is 0 Å². The molecule has 0 radical (unpaired) electrons. The van der Waals surface area contributed by atoms with Crippen molar-refractivity contribution < 1.29 is 23.8 Å². The zero-order valence-electron chi connectivity index (χ0n) is 14.7. The van der Waals surface area contributed by atoms with E-state index < -0.39 is 23.5 Å². The smallest absolute Gasteiger partial charge is 0.290 e. The van der Waals surface area contributed by atoms with Crippen LogP contribution in [0.2, 0.25) is 0 Å². The molecule has 2 aromatic heterocycles. The van der Waals surface area contributed by atoms with Gasteiger partial charge in [-0.1, -0.05) is 6.07 Å². The maximum Gasteiger partial charge on any atom is 0.290 e. The lowest BCUT2D eigenvalue weighted by molar-refractivity contribution is -0.129. The minimum absolute atomic E-state index is 0.0828. The van der Waals surface area contributed by atoms with E-state index in [0.717, 1.165) is 18.0 Å². The van der Waals surface area contributed by atoms with Gasteiger partial charge in [0, 0.05) is 31.1 Å². The Kier molecular flexibility index (Phi) is 5.11. The maximum absolute atomic E-state index is 12.9. The summed E-state index contributed by atoms with van der Waals surface area (Å²) in [6.45, 7) is 4.04. The van der Waals surface area contributed by atoms with Crippen molar-refractivity contribution >= 4 is 23.0 Å². The average Bonchev–Trinajstić information content (AvgIpc) is 3.43. The van der Waals surface area contributed by atoms with Gasteiger partial charge in [-0.25, -0.2) is 0 Å². The summed E-state index contributed by atoms with van der Waals surface area (Å²) in [5, 5.41) is 12.4. The van der Waals surface area contributed by atoms with Crippen LogP contribution in [0.15, 0.2) is 51.7 Å². The molecule has 0 spiro atoms. The summed E-state index contributed by atoms with van der Waals surface area (Å²) < 4.78 is 10.6. The Bertz CT molecular complexity index is 838. The molecule has 2 aliphatic heterocycles. The number of ether oxygens (including phenoxy) is 1. The van der Waals surface area contributed by atoms with Crippen LogP contribution < -0.4 is 0 Å². The number of thiophene rings is 1. The van der Waals surface area contributed by atoms with Crippen LogP contribution in [0.1, 0.15) is 21.5 Å². The molecule has 4 rings (SSSR count). The van der Waals surface area contributed by atoms with Crippen molar-refractivity contribution in [3.8, 4) is 0 Å². The highest BCUT2D eigenvalue weighted by atomic mass is 32.1. The first-order valence-corrected chi connectivity index (χ1v) is 9.70. The number of hydrogen-bond acceptors (Lipinski definition) is 7. The standard InChI is InChI=1S/C19H20N2O5S/c22-17(13-3-1-9-26-13)15-16(14-4-2-12-27-14)21(19(24)18(15)23)6-5-20-7-10-25-11-8-20/h1-4,9,12,16,23H,5-8,10-11H2. The first-order chi connectivity index (χ1) is 13.2. The number of carbonyl (C=O) groups is 2. The molecule has 0 aliphatic carbocycles. The molecule has 8 heteroatoms. The Morgan fingerprint density at radius 2 is 2.04 bits per heavy atom. The first-order valence-electron chi connectivity index (χ1n) is 8.82. The Labute approximate surface area is 160 Å². The molecular weight excluding hydrogens is 368 g/mol. The molecule has 1 amide bonds. The van der Waals surface area contributed by atoms with E-state index in [-0.39, 0.29) is 11.3 Å². The summed E-state index contributed by atoms with van der Waals surface area (Å²) in [6.07, 6.45) is 1.40. The van der Waals surface area contributed by atoms with Crippen LogP contribution in [0.5, 0.6) is 0 Å². The summed E-state index contributed by atoms with van der Waals surface area (Å²) in [5.41, 5.74) is 0.0828. The van der Waals surface area contributed by atoms with Crippen molar-refractivity contribution in [1.29, 1.82) is 0 Å². The Morgan fingerprint density at radius 1 is 1.22 bits per heavy atom. The van der Waals surface area contributed by atoms with E-state index in [4.69, 9.17) is 9.15 Å². The topological polar surface area (TPSA) is 83.2 Å². The van der Waals surface area contributed by atoms with Gasteiger partial charge < -0.3 is 19.2 Å². The molecule has 1 fully saturated rings. The number of aliphatic hydroxyl groups is 1. The number of amides is 1. The van der Waals surface area contributed by atoms with Crippen molar-refractivity contribution in [3.05, 3.63) is 57.9 Å². The van der Waals surface area contributed by atoms with Gasteiger partial charge in [-0.2, -0.15) is 0 Å². The minimum Gasteiger partial charge on any atom is -0.503 e. The molecule has 1 N–H and O–H groups in total. The second kappa shape index (κ2) is 7.67. The van der Waals surface area contributed by atoms with Crippen LogP contribution in [-0.2, 0) is 9.53 Å². The minimum atomic E-state index is -0.601. The highest BCUT2D eigenvalue weighted by Crippen LogP contribution is 2.40. The van der Waals surface area contributed by atoms with E-state index in [2.05, 4.69) is 4.90 Å². The molecule has 0 saturated carbocycles. The number of Topliss-reactive ketones (excluding diaryl/α,β-unsaturated/α-hetero) is 1. The summed E-state index contributed by atoms with van der Waals surface area (Å²) in [6, 6.07) is 6.29. The van der Waals surface area contributed by atoms with Crippen LogP contribution in [0.3, 0.4) is 0 Å². The lowest BCUT2D eigenvalue weighted by atomic mass is 10.0. The molecule has 4 heterocycles. The van der Waals surface area contributed by atoms with E-state index >= 15 is 0 Å². The number of ketones is 1. The highest BCUT2D eigenvalue weighted by Gasteiger charge is 2.44. The van der Waals surface area contributed by atoms with Crippen molar-refractivity contribution in [2.45, 2.75) is 6.04 Å². The zero-order chi connectivity index (χ0) is 18.8. The Morgan fingerprint density at radius 3 is 2.70 bits per heavy atom. The van der Waals surface area contributed by atoms with Crippen molar-refractivity contribution in [2.75, 3.05) is 39.4 Å². The quantitative estimate of drug-likeness (QED) is 0.765. The fourth-order valence-corrected chi connectivity index (χ4v) is 4.32. The number of aliphatic hydroxyl groups excluding tert-OH is 1. The monoisotopic (exact) mass is 388 g/mol. The molecule has 0 bridgehead atoms. The molecule has 2 aliphatic rings. The second-order valence-corrected chi connectivity index (χ2v) is 7.42.